The summed E-state index contributed by atoms with van der Waals surface area (Å²) in [7, 11) is 1.85. The van der Waals surface area contributed by atoms with Gasteiger partial charge in [0, 0.05) is 34.8 Å². The van der Waals surface area contributed by atoms with E-state index in [4.69, 9.17) is 0 Å². The van der Waals surface area contributed by atoms with Crippen LogP contribution in [0.25, 0.3) is 0 Å². The van der Waals surface area contributed by atoms with Crippen LogP contribution in [0.3, 0.4) is 0 Å². The minimum atomic E-state index is 0.0587. The standard InChI is InChI=1S/C16H16Br2N2O/c1-19(9-11-4-2-3-5-14(11)18)16(21)15-8-12(17)10-20(15)13-6-7-13/h2-5,8,10,13H,6-7,9H2,1H3. The molecule has 21 heavy (non-hydrogen) atoms. The van der Waals surface area contributed by atoms with Crippen LogP contribution in [0.15, 0.2) is 45.5 Å². The van der Waals surface area contributed by atoms with E-state index >= 15 is 0 Å². The van der Waals surface area contributed by atoms with E-state index in [1.54, 1.807) is 4.90 Å². The molecule has 5 heteroatoms. The van der Waals surface area contributed by atoms with Crippen LogP contribution in [0.1, 0.15) is 34.9 Å². The third kappa shape index (κ3) is 3.24. The van der Waals surface area contributed by atoms with Gasteiger partial charge < -0.3 is 9.47 Å². The molecule has 0 N–H and O–H groups in total. The Morgan fingerprint density at radius 3 is 2.71 bits per heavy atom. The number of benzene rings is 1. The molecule has 1 fully saturated rings. The van der Waals surface area contributed by atoms with Crippen molar-refractivity contribution >= 4 is 37.8 Å². The zero-order chi connectivity index (χ0) is 15.0. The first-order valence-corrected chi connectivity index (χ1v) is 8.51. The highest BCUT2D eigenvalue weighted by Gasteiger charge is 2.28. The van der Waals surface area contributed by atoms with Gasteiger partial charge in [0.25, 0.3) is 5.91 Å². The van der Waals surface area contributed by atoms with Crippen LogP contribution in [-0.4, -0.2) is 22.4 Å². The molecular formula is C16H16Br2N2O. The summed E-state index contributed by atoms with van der Waals surface area (Å²) in [6, 6.07) is 10.4. The summed E-state index contributed by atoms with van der Waals surface area (Å²) in [6.07, 6.45) is 4.34. The highest BCUT2D eigenvalue weighted by molar-refractivity contribution is 9.10. The van der Waals surface area contributed by atoms with Crippen molar-refractivity contribution in [2.45, 2.75) is 25.4 Å². The first-order chi connectivity index (χ1) is 10.1. The number of carbonyl (C=O) groups is 1. The summed E-state index contributed by atoms with van der Waals surface area (Å²) in [5, 5.41) is 0. The van der Waals surface area contributed by atoms with Crippen LogP contribution in [0, 0.1) is 0 Å². The Bertz CT molecular complexity index is 677. The second-order valence-corrected chi connectivity index (χ2v) is 7.20. The average Bonchev–Trinajstić information content (AvgIpc) is 3.23. The maximum absolute atomic E-state index is 12.7. The van der Waals surface area contributed by atoms with Gasteiger partial charge >= 0.3 is 0 Å². The summed E-state index contributed by atoms with van der Waals surface area (Å²) in [5.74, 6) is 0.0587. The van der Waals surface area contributed by atoms with Gasteiger partial charge in [-0.15, -0.1) is 0 Å². The summed E-state index contributed by atoms with van der Waals surface area (Å²) in [6.45, 7) is 0.591. The average molecular weight is 412 g/mol. The lowest BCUT2D eigenvalue weighted by Crippen LogP contribution is -2.28. The quantitative estimate of drug-likeness (QED) is 0.720. The fourth-order valence-electron chi connectivity index (χ4n) is 2.42. The molecule has 0 atom stereocenters. The highest BCUT2D eigenvalue weighted by Crippen LogP contribution is 2.37. The molecule has 0 saturated heterocycles. The van der Waals surface area contributed by atoms with Crippen molar-refractivity contribution in [3.63, 3.8) is 0 Å². The Morgan fingerprint density at radius 2 is 2.05 bits per heavy atom. The molecule has 1 amide bonds. The summed E-state index contributed by atoms with van der Waals surface area (Å²) in [5.41, 5.74) is 1.87. The van der Waals surface area contributed by atoms with Gasteiger partial charge in [-0.2, -0.15) is 0 Å². The molecule has 0 aliphatic heterocycles. The third-order valence-corrected chi connectivity index (χ3v) is 4.89. The van der Waals surface area contributed by atoms with E-state index in [0.29, 0.717) is 12.6 Å². The molecule has 110 valence electrons. The molecule has 1 aliphatic rings. The van der Waals surface area contributed by atoms with Crippen LogP contribution < -0.4 is 0 Å². The SMILES string of the molecule is CN(Cc1ccccc1Br)C(=O)c1cc(Br)cn1C1CC1. The maximum atomic E-state index is 12.7. The van der Waals surface area contributed by atoms with Crippen LogP contribution in [0.5, 0.6) is 0 Å². The fourth-order valence-corrected chi connectivity index (χ4v) is 3.27. The van der Waals surface area contributed by atoms with Crippen molar-refractivity contribution in [1.29, 1.82) is 0 Å². The second kappa shape index (κ2) is 5.97. The minimum absolute atomic E-state index is 0.0587. The second-order valence-electron chi connectivity index (χ2n) is 5.43. The van der Waals surface area contributed by atoms with Crippen molar-refractivity contribution in [3.8, 4) is 0 Å². The van der Waals surface area contributed by atoms with Crippen molar-refractivity contribution in [1.82, 2.24) is 9.47 Å². The van der Waals surface area contributed by atoms with E-state index < -0.39 is 0 Å². The Labute approximate surface area is 141 Å². The van der Waals surface area contributed by atoms with Gasteiger partial charge in [0.1, 0.15) is 5.69 Å². The molecule has 2 aromatic rings. The molecule has 3 rings (SSSR count). The van der Waals surface area contributed by atoms with Crippen molar-refractivity contribution in [2.75, 3.05) is 7.05 Å². The van der Waals surface area contributed by atoms with Gasteiger partial charge in [0.2, 0.25) is 0 Å². The van der Waals surface area contributed by atoms with E-state index in [1.165, 1.54) is 0 Å². The highest BCUT2D eigenvalue weighted by atomic mass is 79.9. The molecule has 0 spiro atoms. The molecular weight excluding hydrogens is 396 g/mol. The summed E-state index contributed by atoms with van der Waals surface area (Å²) < 4.78 is 4.10. The van der Waals surface area contributed by atoms with Crippen LogP contribution in [-0.2, 0) is 6.54 Å². The molecule has 0 radical (unpaired) electrons. The number of carbonyl (C=O) groups excluding carboxylic acids is 1. The van der Waals surface area contributed by atoms with Crippen LogP contribution >= 0.6 is 31.9 Å². The topological polar surface area (TPSA) is 25.2 Å². The lowest BCUT2D eigenvalue weighted by Gasteiger charge is -2.19. The first kappa shape index (κ1) is 14.9. The van der Waals surface area contributed by atoms with Crippen LogP contribution in [0.4, 0.5) is 0 Å². The maximum Gasteiger partial charge on any atom is 0.270 e. The van der Waals surface area contributed by atoms with E-state index in [9.17, 15) is 4.79 Å². The summed E-state index contributed by atoms with van der Waals surface area (Å²) >= 11 is 7.01. The number of halogens is 2. The van der Waals surface area contributed by atoms with Gasteiger partial charge in [-0.25, -0.2) is 0 Å². The lowest BCUT2D eigenvalue weighted by molar-refractivity contribution is 0.0774. The van der Waals surface area contributed by atoms with E-state index in [-0.39, 0.29) is 5.91 Å². The normalized spacial score (nSPS) is 14.2. The molecule has 0 unspecified atom stereocenters. The molecule has 3 nitrogen and oxygen atoms in total. The van der Waals surface area contributed by atoms with Gasteiger partial charge in [0.05, 0.1) is 0 Å². The van der Waals surface area contributed by atoms with Crippen molar-refractivity contribution < 1.29 is 4.79 Å². The minimum Gasteiger partial charge on any atom is -0.339 e. The Balaban J connectivity index is 1.80. The number of amides is 1. The molecule has 0 bridgehead atoms. The number of hydrogen-bond acceptors (Lipinski definition) is 1. The van der Waals surface area contributed by atoms with Crippen molar-refractivity contribution in [2.24, 2.45) is 0 Å². The van der Waals surface area contributed by atoms with Crippen molar-refractivity contribution in [3.05, 3.63) is 56.7 Å². The predicted octanol–water partition coefficient (Wildman–Crippen LogP) is 4.62. The van der Waals surface area contributed by atoms with E-state index in [2.05, 4.69) is 36.4 Å². The number of rotatable bonds is 4. The lowest BCUT2D eigenvalue weighted by atomic mass is 10.2. The predicted molar refractivity (Wildman–Crippen MR) is 90.3 cm³/mol. The molecule has 1 saturated carbocycles. The van der Waals surface area contributed by atoms with E-state index in [0.717, 1.165) is 33.0 Å². The van der Waals surface area contributed by atoms with E-state index in [1.807, 2.05) is 43.6 Å². The first-order valence-electron chi connectivity index (χ1n) is 6.92. The number of nitrogens with zero attached hydrogens (tertiary/aromatic N) is 2. The Hall–Kier alpha value is -1.07. The van der Waals surface area contributed by atoms with Gasteiger partial charge in [-0.3, -0.25) is 4.79 Å². The Morgan fingerprint density at radius 1 is 1.33 bits per heavy atom. The van der Waals surface area contributed by atoms with Gasteiger partial charge in [0.15, 0.2) is 0 Å². The van der Waals surface area contributed by atoms with Crippen LogP contribution in [0.2, 0.25) is 0 Å². The van der Waals surface area contributed by atoms with Gasteiger partial charge in [-0.05, 0) is 46.5 Å². The largest absolute Gasteiger partial charge is 0.339 e. The summed E-state index contributed by atoms with van der Waals surface area (Å²) in [4.78, 5) is 14.5. The van der Waals surface area contributed by atoms with Gasteiger partial charge in [-0.1, -0.05) is 34.1 Å². The zero-order valence-electron chi connectivity index (χ0n) is 11.7. The number of aromatic nitrogens is 1. The smallest absolute Gasteiger partial charge is 0.270 e. The monoisotopic (exact) mass is 410 g/mol. The zero-order valence-corrected chi connectivity index (χ0v) is 14.9. The number of hydrogen-bond donors (Lipinski definition) is 0. The third-order valence-electron chi connectivity index (χ3n) is 3.69. The molecule has 1 aliphatic carbocycles. The molecule has 1 aromatic carbocycles. The Kier molecular flexibility index (Phi) is 4.22. The molecule has 1 heterocycles. The fraction of sp³-hybridized carbons (Fsp3) is 0.312. The molecule has 1 aromatic heterocycles.